The van der Waals surface area contributed by atoms with Crippen LogP contribution in [0.4, 0.5) is 0 Å². The number of hydrogen-bond donors (Lipinski definition) is 1. The summed E-state index contributed by atoms with van der Waals surface area (Å²) in [5, 5.41) is 4.67. The van der Waals surface area contributed by atoms with Gasteiger partial charge in [-0.3, -0.25) is 4.98 Å². The van der Waals surface area contributed by atoms with Crippen LogP contribution in [0.15, 0.2) is 30.3 Å². The lowest BCUT2D eigenvalue weighted by molar-refractivity contribution is 0.708. The van der Waals surface area contributed by atoms with Gasteiger partial charge in [0.05, 0.1) is 5.52 Å². The summed E-state index contributed by atoms with van der Waals surface area (Å²) in [6, 6.07) is 10.7. The molecular formula is C13H14N2. The molecule has 0 spiro atoms. The van der Waals surface area contributed by atoms with E-state index in [0.29, 0.717) is 0 Å². The largest absolute Gasteiger partial charge is 0.316 e. The molecular weight excluding hydrogens is 184 g/mol. The first kappa shape index (κ1) is 8.86. The van der Waals surface area contributed by atoms with Crippen LogP contribution in [0.5, 0.6) is 0 Å². The summed E-state index contributed by atoms with van der Waals surface area (Å²) in [5.74, 6) is 0. The second-order valence-electron chi connectivity index (χ2n) is 4.04. The first-order valence-corrected chi connectivity index (χ1v) is 5.52. The highest BCUT2D eigenvalue weighted by atomic mass is 14.9. The molecule has 0 saturated heterocycles. The molecule has 0 aliphatic carbocycles. The van der Waals surface area contributed by atoms with Crippen molar-refractivity contribution in [3.63, 3.8) is 0 Å². The van der Waals surface area contributed by atoms with E-state index in [1.807, 2.05) is 0 Å². The van der Waals surface area contributed by atoms with Crippen LogP contribution in [0.25, 0.3) is 10.9 Å². The lowest BCUT2D eigenvalue weighted by Gasteiger charge is -2.06. The van der Waals surface area contributed by atoms with Crippen molar-refractivity contribution >= 4 is 10.9 Å². The number of aromatic nitrogens is 1. The van der Waals surface area contributed by atoms with E-state index in [1.165, 1.54) is 16.6 Å². The van der Waals surface area contributed by atoms with Crippen molar-refractivity contribution in [2.45, 2.75) is 12.8 Å². The summed E-state index contributed by atoms with van der Waals surface area (Å²) in [4.78, 5) is 4.74. The first-order chi connectivity index (χ1) is 7.43. The van der Waals surface area contributed by atoms with Crippen LogP contribution in [0, 0.1) is 0 Å². The minimum atomic E-state index is 1.05. The molecule has 0 bridgehead atoms. The Morgan fingerprint density at radius 3 is 2.93 bits per heavy atom. The fourth-order valence-electron chi connectivity index (χ4n) is 2.19. The Hall–Kier alpha value is -1.41. The molecule has 0 fully saturated rings. The van der Waals surface area contributed by atoms with Gasteiger partial charge < -0.3 is 5.32 Å². The van der Waals surface area contributed by atoms with Gasteiger partial charge in [0.2, 0.25) is 0 Å². The summed E-state index contributed by atoms with van der Waals surface area (Å²) >= 11 is 0. The van der Waals surface area contributed by atoms with Crippen molar-refractivity contribution in [3.05, 3.63) is 41.6 Å². The number of nitrogens with zero attached hydrogens (tertiary/aromatic N) is 1. The Bertz CT molecular complexity index is 446. The molecule has 1 aromatic heterocycles. The number of pyridine rings is 1. The van der Waals surface area contributed by atoms with Gasteiger partial charge in [0.1, 0.15) is 0 Å². The van der Waals surface area contributed by atoms with Gasteiger partial charge in [-0.2, -0.15) is 0 Å². The molecule has 2 nitrogen and oxygen atoms in total. The van der Waals surface area contributed by atoms with E-state index in [9.17, 15) is 0 Å². The zero-order valence-electron chi connectivity index (χ0n) is 8.66. The number of rotatable bonds is 0. The molecule has 0 amide bonds. The minimum Gasteiger partial charge on any atom is -0.316 e. The van der Waals surface area contributed by atoms with E-state index < -0.39 is 0 Å². The zero-order chi connectivity index (χ0) is 10.1. The lowest BCUT2D eigenvalue weighted by atomic mass is 10.1. The van der Waals surface area contributed by atoms with Crippen LogP contribution >= 0.6 is 0 Å². The summed E-state index contributed by atoms with van der Waals surface area (Å²) in [6.45, 7) is 2.13. The summed E-state index contributed by atoms with van der Waals surface area (Å²) in [7, 11) is 0. The zero-order valence-corrected chi connectivity index (χ0v) is 8.66. The van der Waals surface area contributed by atoms with Crippen molar-refractivity contribution in [1.29, 1.82) is 0 Å². The number of fused-ring (bicyclic) bond motifs is 2. The SMILES string of the molecule is c1ccc2nc3c(cc2c1)CCNCC3. The lowest BCUT2D eigenvalue weighted by Crippen LogP contribution is -2.16. The first-order valence-electron chi connectivity index (χ1n) is 5.52. The van der Waals surface area contributed by atoms with Gasteiger partial charge in [-0.1, -0.05) is 18.2 Å². The maximum atomic E-state index is 4.74. The highest BCUT2D eigenvalue weighted by Crippen LogP contribution is 2.18. The second kappa shape index (κ2) is 3.63. The number of para-hydroxylation sites is 1. The number of benzene rings is 1. The molecule has 0 radical (unpaired) electrons. The Balaban J connectivity index is 2.20. The van der Waals surface area contributed by atoms with Crippen LogP contribution in [-0.2, 0) is 12.8 Å². The van der Waals surface area contributed by atoms with Crippen molar-refractivity contribution in [3.8, 4) is 0 Å². The predicted molar refractivity (Wildman–Crippen MR) is 62.0 cm³/mol. The monoisotopic (exact) mass is 198 g/mol. The van der Waals surface area contributed by atoms with Crippen LogP contribution in [0.1, 0.15) is 11.3 Å². The highest BCUT2D eigenvalue weighted by Gasteiger charge is 2.09. The van der Waals surface area contributed by atoms with Gasteiger partial charge in [0.25, 0.3) is 0 Å². The second-order valence-corrected chi connectivity index (χ2v) is 4.04. The van der Waals surface area contributed by atoms with E-state index in [0.717, 1.165) is 31.4 Å². The minimum absolute atomic E-state index is 1.05. The van der Waals surface area contributed by atoms with Crippen LogP contribution in [-0.4, -0.2) is 18.1 Å². The summed E-state index contributed by atoms with van der Waals surface area (Å²) in [5.41, 5.74) is 3.82. The van der Waals surface area contributed by atoms with Gasteiger partial charge in [-0.25, -0.2) is 0 Å². The molecule has 76 valence electrons. The molecule has 2 heteroatoms. The van der Waals surface area contributed by atoms with E-state index in [1.54, 1.807) is 0 Å². The number of hydrogen-bond acceptors (Lipinski definition) is 2. The maximum Gasteiger partial charge on any atom is 0.0705 e. The average Bonchev–Trinajstić information content (AvgIpc) is 2.50. The highest BCUT2D eigenvalue weighted by molar-refractivity contribution is 5.79. The molecule has 1 aliphatic rings. The normalized spacial score (nSPS) is 16.0. The van der Waals surface area contributed by atoms with Gasteiger partial charge in [-0.15, -0.1) is 0 Å². The van der Waals surface area contributed by atoms with Gasteiger partial charge in [0.15, 0.2) is 0 Å². The molecule has 1 N–H and O–H groups in total. The average molecular weight is 198 g/mol. The third-order valence-electron chi connectivity index (χ3n) is 3.00. The van der Waals surface area contributed by atoms with Crippen LogP contribution in [0.3, 0.4) is 0 Å². The van der Waals surface area contributed by atoms with Crippen molar-refractivity contribution < 1.29 is 0 Å². The van der Waals surface area contributed by atoms with Crippen LogP contribution < -0.4 is 5.32 Å². The molecule has 2 aromatic rings. The Kier molecular flexibility index (Phi) is 2.14. The third kappa shape index (κ3) is 1.61. The third-order valence-corrected chi connectivity index (χ3v) is 3.00. The maximum absolute atomic E-state index is 4.74. The quantitative estimate of drug-likeness (QED) is 0.699. The molecule has 2 heterocycles. The Morgan fingerprint density at radius 1 is 1.07 bits per heavy atom. The van der Waals surface area contributed by atoms with E-state index in [2.05, 4.69) is 35.6 Å². The molecule has 15 heavy (non-hydrogen) atoms. The molecule has 3 rings (SSSR count). The smallest absolute Gasteiger partial charge is 0.0705 e. The predicted octanol–water partition coefficient (Wildman–Crippen LogP) is 1.92. The standard InChI is InChI=1S/C13H14N2/c1-2-4-12-10(3-1)9-11-5-7-14-8-6-13(11)15-12/h1-4,9,14H,5-8H2. The van der Waals surface area contributed by atoms with Crippen molar-refractivity contribution in [2.24, 2.45) is 0 Å². The molecule has 0 saturated carbocycles. The molecule has 1 aromatic carbocycles. The van der Waals surface area contributed by atoms with E-state index in [4.69, 9.17) is 4.98 Å². The van der Waals surface area contributed by atoms with Crippen LogP contribution in [0.2, 0.25) is 0 Å². The fourth-order valence-corrected chi connectivity index (χ4v) is 2.19. The van der Waals surface area contributed by atoms with Crippen molar-refractivity contribution in [1.82, 2.24) is 10.3 Å². The van der Waals surface area contributed by atoms with E-state index in [-0.39, 0.29) is 0 Å². The fraction of sp³-hybridized carbons (Fsp3) is 0.308. The topological polar surface area (TPSA) is 24.9 Å². The Labute approximate surface area is 89.3 Å². The van der Waals surface area contributed by atoms with Gasteiger partial charge >= 0.3 is 0 Å². The summed E-state index contributed by atoms with van der Waals surface area (Å²) < 4.78 is 0. The molecule has 0 atom stereocenters. The van der Waals surface area contributed by atoms with Crippen molar-refractivity contribution in [2.75, 3.05) is 13.1 Å². The van der Waals surface area contributed by atoms with Gasteiger partial charge in [0, 0.05) is 24.0 Å². The molecule has 0 unspecified atom stereocenters. The number of nitrogens with one attached hydrogen (secondary N) is 1. The Morgan fingerprint density at radius 2 is 1.93 bits per heavy atom. The van der Waals surface area contributed by atoms with Gasteiger partial charge in [-0.05, 0) is 30.7 Å². The van der Waals surface area contributed by atoms with E-state index >= 15 is 0 Å². The summed E-state index contributed by atoms with van der Waals surface area (Å²) in [6.07, 6.45) is 2.16. The molecule has 1 aliphatic heterocycles.